The minimum absolute atomic E-state index is 0.00257. The summed E-state index contributed by atoms with van der Waals surface area (Å²) in [5, 5.41) is 0.125. The molecule has 0 amide bonds. The van der Waals surface area contributed by atoms with Gasteiger partial charge in [-0.25, -0.2) is 18.7 Å². The Morgan fingerprint density at radius 1 is 1.11 bits per heavy atom. The summed E-state index contributed by atoms with van der Waals surface area (Å²) in [5.41, 5.74) is 0.863. The largest absolute Gasteiger partial charge is 0.373 e. The van der Waals surface area contributed by atoms with Crippen LogP contribution in [0.15, 0.2) is 47.4 Å². The molecule has 4 aromatic rings. The molecule has 2 aliphatic heterocycles. The predicted octanol–water partition coefficient (Wildman–Crippen LogP) is 4.56. The number of hydrogen-bond acceptors (Lipinski definition) is 6. The van der Waals surface area contributed by atoms with E-state index >= 15 is 0 Å². The van der Waals surface area contributed by atoms with E-state index in [0.717, 1.165) is 12.5 Å². The van der Waals surface area contributed by atoms with Crippen LogP contribution in [0.25, 0.3) is 22.2 Å². The average molecular weight is 511 g/mol. The minimum Gasteiger partial charge on any atom is -0.345 e. The van der Waals surface area contributed by atoms with Gasteiger partial charge in [0.1, 0.15) is 47.1 Å². The smallest absolute Gasteiger partial charge is 0.345 e. The third kappa shape index (κ3) is 4.22. The van der Waals surface area contributed by atoms with E-state index in [0.29, 0.717) is 36.1 Å². The topological polar surface area (TPSA) is 73.1 Å². The van der Waals surface area contributed by atoms with Gasteiger partial charge < -0.3 is 9.64 Å². The van der Waals surface area contributed by atoms with Crippen LogP contribution in [0, 0.1) is 18.6 Å². The van der Waals surface area contributed by atoms with Crippen molar-refractivity contribution in [3.63, 3.8) is 0 Å². The van der Waals surface area contributed by atoms with Gasteiger partial charge in [-0.05, 0) is 49.2 Å². The number of nitrogens with zero attached hydrogens (tertiary/aromatic N) is 5. The van der Waals surface area contributed by atoms with E-state index in [9.17, 15) is 22.4 Å². The predicted molar refractivity (Wildman–Crippen MR) is 127 cm³/mol. The molecule has 1 unspecified atom stereocenters. The summed E-state index contributed by atoms with van der Waals surface area (Å²) in [5.74, 6) is -1.09. The van der Waals surface area contributed by atoms with E-state index in [1.165, 1.54) is 27.8 Å². The van der Waals surface area contributed by atoms with Crippen LogP contribution < -0.4 is 10.5 Å². The van der Waals surface area contributed by atoms with Gasteiger partial charge in [0.05, 0.1) is 11.9 Å². The number of rotatable bonds is 3. The molecular weight excluding hydrogens is 490 g/mol. The standard InChI is InChI=1S/C26H21F4N5O2/c1-14-9-15(6-7-31-14)20-12-34(13-26(29,30)37-20)22-11-18-24(32-21-3-2-8-35(21)25(18)36)23(33-22)17-5-4-16(27)10-19(17)28/h4-7,9-11,20H,2-3,8,12-13H2,1H3. The molecule has 37 heavy (non-hydrogen) atoms. The number of aromatic nitrogens is 4. The minimum atomic E-state index is -3.52. The first kappa shape index (κ1) is 23.5. The van der Waals surface area contributed by atoms with Crippen LogP contribution >= 0.6 is 0 Å². The summed E-state index contributed by atoms with van der Waals surface area (Å²) in [4.78, 5) is 27.9. The fraction of sp³-hybridized carbons (Fsp3) is 0.308. The molecule has 0 bridgehead atoms. The Kier molecular flexibility index (Phi) is 5.48. The van der Waals surface area contributed by atoms with Gasteiger partial charge >= 0.3 is 6.11 Å². The zero-order valence-electron chi connectivity index (χ0n) is 19.7. The molecule has 7 nitrogen and oxygen atoms in total. The lowest BCUT2D eigenvalue weighted by atomic mass is 10.1. The molecule has 0 spiro atoms. The van der Waals surface area contributed by atoms with Crippen LogP contribution in [-0.4, -0.2) is 38.7 Å². The Bertz CT molecular complexity index is 1610. The number of hydrogen-bond donors (Lipinski definition) is 0. The van der Waals surface area contributed by atoms with Crippen LogP contribution in [0.2, 0.25) is 0 Å². The lowest BCUT2D eigenvalue weighted by Gasteiger charge is -2.38. The van der Waals surface area contributed by atoms with Gasteiger partial charge in [0.2, 0.25) is 0 Å². The van der Waals surface area contributed by atoms with Crippen molar-refractivity contribution in [1.82, 2.24) is 19.5 Å². The summed E-state index contributed by atoms with van der Waals surface area (Å²) in [6.45, 7) is 1.41. The number of pyridine rings is 2. The van der Waals surface area contributed by atoms with E-state index in [4.69, 9.17) is 4.74 Å². The van der Waals surface area contributed by atoms with E-state index < -0.39 is 30.4 Å². The molecule has 0 N–H and O–H groups in total. The molecule has 6 rings (SSSR count). The van der Waals surface area contributed by atoms with Crippen molar-refractivity contribution in [3.05, 3.63) is 81.7 Å². The van der Waals surface area contributed by atoms with E-state index in [1.54, 1.807) is 19.1 Å². The summed E-state index contributed by atoms with van der Waals surface area (Å²) in [6.07, 6.45) is -1.72. The van der Waals surface area contributed by atoms with Crippen molar-refractivity contribution >= 4 is 16.7 Å². The van der Waals surface area contributed by atoms with E-state index in [1.807, 2.05) is 0 Å². The number of alkyl halides is 2. The van der Waals surface area contributed by atoms with Crippen LogP contribution in [0.5, 0.6) is 0 Å². The van der Waals surface area contributed by atoms with Crippen LogP contribution in [0.4, 0.5) is 23.4 Å². The summed E-state index contributed by atoms with van der Waals surface area (Å²) < 4.78 is 64.8. The Balaban J connectivity index is 1.54. The Labute approximate surface area is 208 Å². The highest BCUT2D eigenvalue weighted by Gasteiger charge is 2.43. The van der Waals surface area contributed by atoms with Crippen LogP contribution in [0.1, 0.15) is 29.6 Å². The lowest BCUT2D eigenvalue weighted by Crippen LogP contribution is -2.48. The molecule has 1 fully saturated rings. The number of anilines is 1. The summed E-state index contributed by atoms with van der Waals surface area (Å²) in [6, 6.07) is 7.67. The van der Waals surface area contributed by atoms with Gasteiger partial charge in [-0.2, -0.15) is 8.78 Å². The number of ether oxygens (including phenoxy) is 1. The fourth-order valence-corrected chi connectivity index (χ4v) is 4.99. The first-order valence-electron chi connectivity index (χ1n) is 11.8. The molecule has 2 aliphatic rings. The van der Waals surface area contributed by atoms with Gasteiger partial charge in [0.15, 0.2) is 0 Å². The van der Waals surface area contributed by atoms with E-state index in [-0.39, 0.29) is 40.1 Å². The lowest BCUT2D eigenvalue weighted by molar-refractivity contribution is -0.269. The van der Waals surface area contributed by atoms with Crippen molar-refractivity contribution in [2.24, 2.45) is 0 Å². The molecular formula is C26H21F4N5O2. The molecule has 190 valence electrons. The van der Waals surface area contributed by atoms with Crippen molar-refractivity contribution in [3.8, 4) is 11.3 Å². The highest BCUT2D eigenvalue weighted by molar-refractivity contribution is 5.93. The first-order chi connectivity index (χ1) is 17.7. The van der Waals surface area contributed by atoms with Gasteiger partial charge in [-0.15, -0.1) is 0 Å². The highest BCUT2D eigenvalue weighted by atomic mass is 19.3. The Morgan fingerprint density at radius 3 is 2.73 bits per heavy atom. The van der Waals surface area contributed by atoms with Crippen LogP contribution in [-0.2, 0) is 17.7 Å². The maximum Gasteiger partial charge on any atom is 0.373 e. The number of aryl methyl sites for hydroxylation is 2. The fourth-order valence-electron chi connectivity index (χ4n) is 4.99. The molecule has 11 heteroatoms. The van der Waals surface area contributed by atoms with Gasteiger partial charge in [0, 0.05) is 36.5 Å². The van der Waals surface area contributed by atoms with Gasteiger partial charge in [-0.3, -0.25) is 14.3 Å². The maximum atomic E-state index is 14.9. The van der Waals surface area contributed by atoms with E-state index in [2.05, 4.69) is 15.0 Å². The molecule has 0 aliphatic carbocycles. The third-order valence-corrected chi connectivity index (χ3v) is 6.67. The van der Waals surface area contributed by atoms with Crippen molar-refractivity contribution < 1.29 is 22.3 Å². The second kappa shape index (κ2) is 8.62. The van der Waals surface area contributed by atoms with Crippen molar-refractivity contribution in [2.45, 2.75) is 38.5 Å². The van der Waals surface area contributed by atoms with Crippen molar-refractivity contribution in [1.29, 1.82) is 0 Å². The normalized spacial score (nSPS) is 18.8. The quantitative estimate of drug-likeness (QED) is 0.376. The highest BCUT2D eigenvalue weighted by Crippen LogP contribution is 2.37. The number of benzene rings is 1. The maximum absolute atomic E-state index is 14.9. The molecule has 1 atom stereocenters. The Morgan fingerprint density at radius 2 is 1.95 bits per heavy atom. The average Bonchev–Trinajstić information content (AvgIpc) is 3.32. The SMILES string of the molecule is Cc1cc(C2CN(c3cc4c(=O)n5c(nc4c(-c4ccc(F)cc4F)n3)CCC5)CC(F)(F)O2)ccn1. The van der Waals surface area contributed by atoms with Crippen LogP contribution in [0.3, 0.4) is 0 Å². The zero-order chi connectivity index (χ0) is 25.9. The first-order valence-corrected chi connectivity index (χ1v) is 11.8. The monoisotopic (exact) mass is 511 g/mol. The second-order valence-electron chi connectivity index (χ2n) is 9.29. The molecule has 0 saturated carbocycles. The van der Waals surface area contributed by atoms with Crippen molar-refractivity contribution in [2.75, 3.05) is 18.0 Å². The summed E-state index contributed by atoms with van der Waals surface area (Å²) in [7, 11) is 0. The molecule has 0 radical (unpaired) electrons. The van der Waals surface area contributed by atoms with Gasteiger partial charge in [0.25, 0.3) is 5.56 Å². The summed E-state index contributed by atoms with van der Waals surface area (Å²) >= 11 is 0. The Hall–Kier alpha value is -3.86. The molecule has 3 aromatic heterocycles. The molecule has 5 heterocycles. The third-order valence-electron chi connectivity index (χ3n) is 6.67. The molecule has 1 saturated heterocycles. The second-order valence-corrected chi connectivity index (χ2v) is 9.29. The molecule has 1 aromatic carbocycles. The number of morpholine rings is 1. The zero-order valence-corrected chi connectivity index (χ0v) is 19.7. The number of halogens is 4. The van der Waals surface area contributed by atoms with Gasteiger partial charge in [-0.1, -0.05) is 0 Å². The number of fused-ring (bicyclic) bond motifs is 2.